The van der Waals surface area contributed by atoms with Crippen molar-refractivity contribution >= 4 is 11.8 Å². The Hall–Kier alpha value is -2.19. The normalized spacial score (nSPS) is 20.3. The molecular weight excluding hydrogens is 298 g/mol. The number of aryl methyl sites for hydroxylation is 1. The number of carbonyl (C=O) groups excluding carboxylic acids is 1. The summed E-state index contributed by atoms with van der Waals surface area (Å²) >= 11 is 0. The van der Waals surface area contributed by atoms with Gasteiger partial charge in [-0.15, -0.1) is 0 Å². The van der Waals surface area contributed by atoms with Crippen LogP contribution in [0.2, 0.25) is 0 Å². The average Bonchev–Trinajstić information content (AvgIpc) is 3.18. The molecule has 0 radical (unpaired) electrons. The summed E-state index contributed by atoms with van der Waals surface area (Å²) in [6.45, 7) is 6.38. The minimum absolute atomic E-state index is 0.0198. The Labute approximate surface area is 134 Å². The lowest BCUT2D eigenvalue weighted by molar-refractivity contribution is -0.124. The summed E-state index contributed by atoms with van der Waals surface area (Å²) in [5.74, 6) is 0.265. The minimum atomic E-state index is -0.274. The van der Waals surface area contributed by atoms with Crippen LogP contribution in [0.3, 0.4) is 0 Å². The number of ether oxygens (including phenoxy) is 1. The Morgan fingerprint density at radius 3 is 3.13 bits per heavy atom. The molecule has 1 N–H and O–H groups in total. The third-order valence-corrected chi connectivity index (χ3v) is 3.92. The highest BCUT2D eigenvalue weighted by molar-refractivity contribution is 5.93. The van der Waals surface area contributed by atoms with Crippen molar-refractivity contribution in [3.05, 3.63) is 30.2 Å². The third kappa shape index (κ3) is 3.96. The topological polar surface area (TPSA) is 85.4 Å². The van der Waals surface area contributed by atoms with Gasteiger partial charge in [-0.1, -0.05) is 5.16 Å². The van der Waals surface area contributed by atoms with Crippen molar-refractivity contribution in [1.82, 2.24) is 19.8 Å². The zero-order valence-electron chi connectivity index (χ0n) is 13.3. The molecule has 1 aliphatic rings. The molecule has 8 heteroatoms. The number of nitrogens with one attached hydrogen (secondary N) is 1. The summed E-state index contributed by atoms with van der Waals surface area (Å²) < 4.78 is 12.6. The number of amides is 1. The molecule has 124 valence electrons. The molecular formula is C15H21N5O3. The highest BCUT2D eigenvalue weighted by Crippen LogP contribution is 2.14. The molecule has 0 spiro atoms. The van der Waals surface area contributed by atoms with Crippen LogP contribution < -0.4 is 5.32 Å². The van der Waals surface area contributed by atoms with Crippen molar-refractivity contribution in [1.29, 1.82) is 0 Å². The number of rotatable bonds is 5. The van der Waals surface area contributed by atoms with Gasteiger partial charge in [0.2, 0.25) is 11.8 Å². The number of morpholine rings is 1. The lowest BCUT2D eigenvalue weighted by Gasteiger charge is -2.35. The first-order valence-corrected chi connectivity index (χ1v) is 7.69. The predicted octanol–water partition coefficient (Wildman–Crippen LogP) is 0.908. The van der Waals surface area contributed by atoms with Gasteiger partial charge in [-0.25, -0.2) is 0 Å². The Morgan fingerprint density at radius 2 is 2.43 bits per heavy atom. The first kappa shape index (κ1) is 15.7. The van der Waals surface area contributed by atoms with Crippen molar-refractivity contribution < 1.29 is 14.1 Å². The van der Waals surface area contributed by atoms with Gasteiger partial charge in [-0.05, 0) is 19.9 Å². The first-order chi connectivity index (χ1) is 11.1. The molecule has 2 aromatic heterocycles. The maximum atomic E-state index is 12.3. The van der Waals surface area contributed by atoms with Crippen LogP contribution in [-0.4, -0.2) is 57.6 Å². The summed E-state index contributed by atoms with van der Waals surface area (Å²) in [4.78, 5) is 14.5. The average molecular weight is 319 g/mol. The van der Waals surface area contributed by atoms with Gasteiger partial charge in [-0.3, -0.25) is 19.7 Å². The van der Waals surface area contributed by atoms with E-state index < -0.39 is 0 Å². The number of carbonyl (C=O) groups is 1. The first-order valence-electron chi connectivity index (χ1n) is 7.69. The van der Waals surface area contributed by atoms with Gasteiger partial charge in [0.1, 0.15) is 0 Å². The van der Waals surface area contributed by atoms with E-state index in [9.17, 15) is 4.79 Å². The summed E-state index contributed by atoms with van der Waals surface area (Å²) in [7, 11) is 0. The summed E-state index contributed by atoms with van der Waals surface area (Å²) in [6, 6.07) is 3.31. The van der Waals surface area contributed by atoms with Crippen molar-refractivity contribution in [3.63, 3.8) is 0 Å². The van der Waals surface area contributed by atoms with Crippen molar-refractivity contribution in [3.8, 4) is 0 Å². The van der Waals surface area contributed by atoms with Crippen molar-refractivity contribution in [2.24, 2.45) is 0 Å². The van der Waals surface area contributed by atoms with Crippen molar-refractivity contribution in [2.75, 3.05) is 25.0 Å². The standard InChI is InChI=1S/C15H21N5O3/c1-11-8-14(23-18-11)17-15(21)12(2)19-6-7-22-13(9-19)10-20-5-3-4-16-20/h3-5,8,12-13H,6-7,9-10H2,1-2H3,(H,17,21)/t12-,13-/m0/s1. The fraction of sp³-hybridized carbons (Fsp3) is 0.533. The van der Waals surface area contributed by atoms with Gasteiger partial charge >= 0.3 is 0 Å². The highest BCUT2D eigenvalue weighted by Gasteiger charge is 2.28. The Balaban J connectivity index is 1.55. The quantitative estimate of drug-likeness (QED) is 0.881. The van der Waals surface area contributed by atoms with Crippen LogP contribution in [0, 0.1) is 6.92 Å². The highest BCUT2D eigenvalue weighted by atomic mass is 16.5. The maximum absolute atomic E-state index is 12.3. The second-order valence-electron chi connectivity index (χ2n) is 5.71. The molecule has 0 saturated carbocycles. The predicted molar refractivity (Wildman–Crippen MR) is 82.9 cm³/mol. The van der Waals surface area contributed by atoms with E-state index in [1.807, 2.05) is 30.8 Å². The number of anilines is 1. The van der Waals surface area contributed by atoms with E-state index in [1.165, 1.54) is 0 Å². The van der Waals surface area contributed by atoms with Gasteiger partial charge in [0.05, 0.1) is 31.0 Å². The number of aromatic nitrogens is 3. The van der Waals surface area contributed by atoms with Gasteiger partial charge in [-0.2, -0.15) is 5.10 Å². The molecule has 0 unspecified atom stereocenters. The van der Waals surface area contributed by atoms with Crippen LogP contribution in [0.4, 0.5) is 5.88 Å². The van der Waals surface area contributed by atoms with Gasteiger partial charge < -0.3 is 9.26 Å². The van der Waals surface area contributed by atoms with E-state index in [1.54, 1.807) is 12.3 Å². The molecule has 23 heavy (non-hydrogen) atoms. The molecule has 0 bridgehead atoms. The zero-order valence-corrected chi connectivity index (χ0v) is 13.3. The molecule has 8 nitrogen and oxygen atoms in total. The second kappa shape index (κ2) is 6.93. The van der Waals surface area contributed by atoms with E-state index in [0.717, 1.165) is 12.2 Å². The van der Waals surface area contributed by atoms with Gasteiger partial charge in [0.15, 0.2) is 0 Å². The monoisotopic (exact) mass is 319 g/mol. The Kier molecular flexibility index (Phi) is 4.73. The molecule has 3 rings (SSSR count). The fourth-order valence-electron chi connectivity index (χ4n) is 2.64. The van der Waals surface area contributed by atoms with E-state index >= 15 is 0 Å². The van der Waals surface area contributed by atoms with Crippen molar-refractivity contribution in [2.45, 2.75) is 32.5 Å². The zero-order chi connectivity index (χ0) is 16.2. The van der Waals surface area contributed by atoms with Crippen LogP contribution in [0.1, 0.15) is 12.6 Å². The molecule has 1 amide bonds. The minimum Gasteiger partial charge on any atom is -0.374 e. The number of hydrogen-bond acceptors (Lipinski definition) is 6. The van der Waals surface area contributed by atoms with E-state index in [2.05, 4.69) is 20.5 Å². The van der Waals surface area contributed by atoms with Crippen LogP contribution in [-0.2, 0) is 16.1 Å². The molecule has 0 aliphatic carbocycles. The molecule has 1 fully saturated rings. The lowest BCUT2D eigenvalue weighted by atomic mass is 10.2. The SMILES string of the molecule is Cc1cc(NC(=O)[C@H](C)N2CCO[C@H](Cn3cccn3)C2)on1. The Bertz CT molecular complexity index is 639. The van der Waals surface area contributed by atoms with Gasteiger partial charge in [0.25, 0.3) is 0 Å². The third-order valence-electron chi connectivity index (χ3n) is 3.92. The van der Waals surface area contributed by atoms with Crippen LogP contribution in [0.5, 0.6) is 0 Å². The summed E-state index contributed by atoms with van der Waals surface area (Å²) in [5, 5.41) is 10.7. The molecule has 3 heterocycles. The van der Waals surface area contributed by atoms with E-state index in [4.69, 9.17) is 9.26 Å². The number of hydrogen-bond donors (Lipinski definition) is 1. The maximum Gasteiger partial charge on any atom is 0.243 e. The largest absolute Gasteiger partial charge is 0.374 e. The van der Waals surface area contributed by atoms with E-state index in [0.29, 0.717) is 25.6 Å². The molecule has 1 aliphatic heterocycles. The lowest BCUT2D eigenvalue weighted by Crippen LogP contribution is -2.51. The van der Waals surface area contributed by atoms with Crippen LogP contribution in [0.25, 0.3) is 0 Å². The summed E-state index contributed by atoms with van der Waals surface area (Å²) in [5.41, 5.74) is 0.735. The van der Waals surface area contributed by atoms with Crippen LogP contribution >= 0.6 is 0 Å². The van der Waals surface area contributed by atoms with Crippen LogP contribution in [0.15, 0.2) is 29.0 Å². The molecule has 0 aromatic carbocycles. The number of nitrogens with zero attached hydrogens (tertiary/aromatic N) is 4. The van der Waals surface area contributed by atoms with E-state index in [-0.39, 0.29) is 18.1 Å². The molecule has 2 atom stereocenters. The van der Waals surface area contributed by atoms with Gasteiger partial charge in [0, 0.05) is 31.5 Å². The Morgan fingerprint density at radius 1 is 1.57 bits per heavy atom. The second-order valence-corrected chi connectivity index (χ2v) is 5.71. The fourth-order valence-corrected chi connectivity index (χ4v) is 2.64. The molecule has 1 saturated heterocycles. The smallest absolute Gasteiger partial charge is 0.243 e. The summed E-state index contributed by atoms with van der Waals surface area (Å²) in [6.07, 6.45) is 3.67. The molecule has 2 aromatic rings.